The number of rotatable bonds is 9. The Bertz CT molecular complexity index is 780. The minimum absolute atomic E-state index is 0.350. The summed E-state index contributed by atoms with van der Waals surface area (Å²) >= 11 is 0. The zero-order valence-corrected chi connectivity index (χ0v) is 16.9. The van der Waals surface area contributed by atoms with Crippen LogP contribution in [-0.4, -0.2) is 19.7 Å². The van der Waals surface area contributed by atoms with Gasteiger partial charge in [0.05, 0.1) is 19.8 Å². The zero-order chi connectivity index (χ0) is 20.5. The van der Waals surface area contributed by atoms with Gasteiger partial charge in [-0.05, 0) is 43.9 Å². The third-order valence-corrected chi connectivity index (χ3v) is 4.32. The predicted octanol–water partition coefficient (Wildman–Crippen LogP) is 5.53. The molecule has 152 valence electrons. The number of carbonyl (C=O) groups excluding carboxylic acids is 1. The molecule has 2 aromatic carbocycles. The number of carbonyl (C=O) groups is 1. The quantitative estimate of drug-likeness (QED) is 0.555. The maximum absolute atomic E-state index is 13.8. The van der Waals surface area contributed by atoms with Gasteiger partial charge in [-0.15, -0.1) is 0 Å². The van der Waals surface area contributed by atoms with Crippen molar-refractivity contribution in [1.29, 1.82) is 0 Å². The predicted molar refractivity (Wildman–Crippen MR) is 110 cm³/mol. The van der Waals surface area contributed by atoms with E-state index >= 15 is 0 Å². The van der Waals surface area contributed by atoms with Crippen LogP contribution in [0.25, 0.3) is 0 Å². The normalized spacial score (nSPS) is 11.8. The van der Waals surface area contributed by atoms with Crippen LogP contribution in [0.15, 0.2) is 42.5 Å². The first-order valence-electron chi connectivity index (χ1n) is 9.53. The second-order valence-electron chi connectivity index (χ2n) is 7.09. The number of benzene rings is 2. The Hall–Kier alpha value is -2.76. The molecule has 2 N–H and O–H groups in total. The molecule has 6 heteroatoms. The van der Waals surface area contributed by atoms with E-state index in [9.17, 15) is 9.18 Å². The molecule has 0 saturated carbocycles. The smallest absolute Gasteiger partial charge is 0.319 e. The Balaban J connectivity index is 1.97. The monoisotopic (exact) mass is 388 g/mol. The second-order valence-corrected chi connectivity index (χ2v) is 7.09. The SMILES string of the molecule is COc1ccc(NC(=O)NC(C)c2ccccc2F)cc1OCCCC(C)C. The molecule has 0 bridgehead atoms. The van der Waals surface area contributed by atoms with Crippen molar-refractivity contribution in [2.75, 3.05) is 19.0 Å². The summed E-state index contributed by atoms with van der Waals surface area (Å²) in [6.45, 7) is 6.65. The molecule has 1 atom stereocenters. The Labute approximate surface area is 166 Å². The molecular formula is C22H29FN2O3. The van der Waals surface area contributed by atoms with Gasteiger partial charge >= 0.3 is 6.03 Å². The maximum Gasteiger partial charge on any atom is 0.319 e. The van der Waals surface area contributed by atoms with E-state index in [0.717, 1.165) is 12.8 Å². The first kappa shape index (κ1) is 21.5. The molecule has 2 aromatic rings. The van der Waals surface area contributed by atoms with E-state index in [1.54, 1.807) is 50.4 Å². The van der Waals surface area contributed by atoms with E-state index in [-0.39, 0.29) is 5.82 Å². The zero-order valence-electron chi connectivity index (χ0n) is 16.9. The number of methoxy groups -OCH3 is 1. The fraction of sp³-hybridized carbons (Fsp3) is 0.409. The summed E-state index contributed by atoms with van der Waals surface area (Å²) in [5, 5.41) is 5.49. The number of urea groups is 1. The molecule has 28 heavy (non-hydrogen) atoms. The number of anilines is 1. The highest BCUT2D eigenvalue weighted by molar-refractivity contribution is 5.89. The van der Waals surface area contributed by atoms with Crippen LogP contribution in [0, 0.1) is 11.7 Å². The van der Waals surface area contributed by atoms with Crippen LogP contribution < -0.4 is 20.1 Å². The van der Waals surface area contributed by atoms with E-state index in [1.807, 2.05) is 0 Å². The average Bonchev–Trinajstić information content (AvgIpc) is 2.65. The highest BCUT2D eigenvalue weighted by atomic mass is 19.1. The lowest BCUT2D eigenvalue weighted by molar-refractivity contribution is 0.249. The summed E-state index contributed by atoms with van der Waals surface area (Å²) in [7, 11) is 1.58. The van der Waals surface area contributed by atoms with Gasteiger partial charge < -0.3 is 20.1 Å². The number of hydrogen-bond acceptors (Lipinski definition) is 3. The topological polar surface area (TPSA) is 59.6 Å². The van der Waals surface area contributed by atoms with E-state index in [0.29, 0.717) is 35.3 Å². The van der Waals surface area contributed by atoms with E-state index in [1.165, 1.54) is 6.07 Å². The van der Waals surface area contributed by atoms with Crippen LogP contribution in [0.2, 0.25) is 0 Å². The van der Waals surface area contributed by atoms with Gasteiger partial charge in [0.15, 0.2) is 11.5 Å². The van der Waals surface area contributed by atoms with Gasteiger partial charge in [0.1, 0.15) is 5.82 Å². The van der Waals surface area contributed by atoms with Gasteiger partial charge in [-0.3, -0.25) is 0 Å². The average molecular weight is 388 g/mol. The van der Waals surface area contributed by atoms with Gasteiger partial charge in [0.2, 0.25) is 0 Å². The first-order valence-corrected chi connectivity index (χ1v) is 9.53. The highest BCUT2D eigenvalue weighted by Gasteiger charge is 2.14. The Kier molecular flexibility index (Phi) is 8.11. The number of amides is 2. The molecule has 0 aromatic heterocycles. The van der Waals surface area contributed by atoms with Gasteiger partial charge in [0.25, 0.3) is 0 Å². The number of nitrogens with one attached hydrogen (secondary N) is 2. The second kappa shape index (κ2) is 10.5. The van der Waals surface area contributed by atoms with Crippen molar-refractivity contribution < 1.29 is 18.7 Å². The van der Waals surface area contributed by atoms with Crippen LogP contribution in [0.5, 0.6) is 11.5 Å². The Morgan fingerprint density at radius 3 is 2.54 bits per heavy atom. The minimum atomic E-state index is -0.466. The molecular weight excluding hydrogens is 359 g/mol. The Morgan fingerprint density at radius 1 is 1.11 bits per heavy atom. The van der Waals surface area contributed by atoms with Crippen molar-refractivity contribution >= 4 is 11.7 Å². The first-order chi connectivity index (χ1) is 13.4. The number of halogens is 1. The van der Waals surface area contributed by atoms with Gasteiger partial charge in [0, 0.05) is 17.3 Å². The lowest BCUT2D eigenvalue weighted by atomic mass is 10.1. The van der Waals surface area contributed by atoms with Crippen LogP contribution >= 0.6 is 0 Å². The van der Waals surface area contributed by atoms with Crippen LogP contribution in [-0.2, 0) is 0 Å². The molecule has 0 fully saturated rings. The third kappa shape index (κ3) is 6.44. The largest absolute Gasteiger partial charge is 0.493 e. The molecule has 0 aliphatic heterocycles. The van der Waals surface area contributed by atoms with E-state index < -0.39 is 12.1 Å². The van der Waals surface area contributed by atoms with Crippen molar-refractivity contribution in [3.63, 3.8) is 0 Å². The minimum Gasteiger partial charge on any atom is -0.493 e. The highest BCUT2D eigenvalue weighted by Crippen LogP contribution is 2.30. The van der Waals surface area contributed by atoms with Crippen molar-refractivity contribution in [3.05, 3.63) is 53.8 Å². The maximum atomic E-state index is 13.8. The van der Waals surface area contributed by atoms with Crippen LogP contribution in [0.4, 0.5) is 14.9 Å². The van der Waals surface area contributed by atoms with Gasteiger partial charge in [-0.25, -0.2) is 9.18 Å². The summed E-state index contributed by atoms with van der Waals surface area (Å²) < 4.78 is 25.0. The molecule has 0 aliphatic carbocycles. The lowest BCUT2D eigenvalue weighted by Crippen LogP contribution is -2.31. The lowest BCUT2D eigenvalue weighted by Gasteiger charge is -2.17. The standard InChI is InChI=1S/C22H29FN2O3/c1-15(2)8-7-13-28-21-14-17(11-12-20(21)27-4)25-22(26)24-16(3)18-9-5-6-10-19(18)23/h5-6,9-12,14-16H,7-8,13H2,1-4H3,(H2,24,25,26). The molecule has 2 rings (SSSR count). The van der Waals surface area contributed by atoms with Crippen molar-refractivity contribution in [2.24, 2.45) is 5.92 Å². The van der Waals surface area contributed by atoms with Crippen molar-refractivity contribution in [3.8, 4) is 11.5 Å². The summed E-state index contributed by atoms with van der Waals surface area (Å²) in [4.78, 5) is 12.3. The van der Waals surface area contributed by atoms with Crippen LogP contribution in [0.1, 0.15) is 45.2 Å². The molecule has 5 nitrogen and oxygen atoms in total. The van der Waals surface area contributed by atoms with Crippen molar-refractivity contribution in [2.45, 2.75) is 39.7 Å². The van der Waals surface area contributed by atoms with Gasteiger partial charge in [-0.1, -0.05) is 32.0 Å². The fourth-order valence-corrected chi connectivity index (χ4v) is 2.81. The van der Waals surface area contributed by atoms with Gasteiger partial charge in [-0.2, -0.15) is 0 Å². The molecule has 2 amide bonds. The molecule has 1 unspecified atom stereocenters. The van der Waals surface area contributed by atoms with E-state index in [2.05, 4.69) is 24.5 Å². The summed E-state index contributed by atoms with van der Waals surface area (Å²) in [6.07, 6.45) is 2.02. The fourth-order valence-electron chi connectivity index (χ4n) is 2.81. The Morgan fingerprint density at radius 2 is 1.86 bits per heavy atom. The molecule has 0 spiro atoms. The van der Waals surface area contributed by atoms with Crippen molar-refractivity contribution in [1.82, 2.24) is 5.32 Å². The summed E-state index contributed by atoms with van der Waals surface area (Å²) in [5.74, 6) is 1.46. The van der Waals surface area contributed by atoms with Crippen LogP contribution in [0.3, 0.4) is 0 Å². The molecule has 0 heterocycles. The van der Waals surface area contributed by atoms with E-state index in [4.69, 9.17) is 9.47 Å². The third-order valence-electron chi connectivity index (χ3n) is 4.32. The molecule has 0 radical (unpaired) electrons. The summed E-state index contributed by atoms with van der Waals surface area (Å²) in [5.41, 5.74) is 0.999. The molecule has 0 aliphatic rings. The molecule has 0 saturated heterocycles. The number of ether oxygens (including phenoxy) is 2. The number of hydrogen-bond donors (Lipinski definition) is 2. The summed E-state index contributed by atoms with van der Waals surface area (Å²) in [6, 6.07) is 10.7.